The van der Waals surface area contributed by atoms with E-state index >= 15 is 0 Å². The molecule has 0 heterocycles. The van der Waals surface area contributed by atoms with Crippen molar-refractivity contribution in [3.63, 3.8) is 0 Å². The van der Waals surface area contributed by atoms with Gasteiger partial charge >= 0.3 is 0 Å². The van der Waals surface area contributed by atoms with Gasteiger partial charge in [-0.3, -0.25) is 4.79 Å². The number of benzene rings is 2. The first-order valence-electron chi connectivity index (χ1n) is 7.93. The highest BCUT2D eigenvalue weighted by atomic mass is 32.2. The van der Waals surface area contributed by atoms with Crippen LogP contribution in [0.3, 0.4) is 0 Å². The highest BCUT2D eigenvalue weighted by Gasteiger charge is 2.19. The van der Waals surface area contributed by atoms with Crippen LogP contribution in [0.2, 0.25) is 0 Å². The molecule has 0 aliphatic rings. The molecule has 0 bridgehead atoms. The lowest BCUT2D eigenvalue weighted by molar-refractivity contribution is -0.131. The zero-order chi connectivity index (χ0) is 17.7. The molecular formula is C18H24N2O3S. The maximum Gasteiger partial charge on any atom is 0.239 e. The fourth-order valence-electron chi connectivity index (χ4n) is 2.66. The van der Waals surface area contributed by atoms with Crippen molar-refractivity contribution in [1.82, 2.24) is 4.90 Å². The highest BCUT2D eigenvalue weighted by molar-refractivity contribution is 7.90. The number of nitrogens with zero attached hydrogens (tertiary/aromatic N) is 1. The van der Waals surface area contributed by atoms with Gasteiger partial charge in [-0.25, -0.2) is 8.42 Å². The summed E-state index contributed by atoms with van der Waals surface area (Å²) in [5, 5.41) is 2.36. The van der Waals surface area contributed by atoms with E-state index in [4.69, 9.17) is 5.73 Å². The molecule has 6 heteroatoms. The molecule has 0 radical (unpaired) electrons. The monoisotopic (exact) mass is 348 g/mol. The highest BCUT2D eigenvalue weighted by Crippen LogP contribution is 2.19. The van der Waals surface area contributed by atoms with Gasteiger partial charge in [-0.05, 0) is 29.2 Å². The van der Waals surface area contributed by atoms with E-state index in [1.165, 1.54) is 16.3 Å². The molecule has 130 valence electrons. The molecule has 1 atom stereocenters. The number of nitrogens with two attached hydrogens (primary N) is 1. The van der Waals surface area contributed by atoms with Gasteiger partial charge < -0.3 is 10.6 Å². The largest absolute Gasteiger partial charge is 0.344 e. The Balaban J connectivity index is 1.96. The summed E-state index contributed by atoms with van der Waals surface area (Å²) in [4.78, 5) is 13.8. The van der Waals surface area contributed by atoms with Crippen LogP contribution in [-0.4, -0.2) is 50.9 Å². The van der Waals surface area contributed by atoms with Crippen LogP contribution in [0, 0.1) is 0 Å². The van der Waals surface area contributed by atoms with Crippen molar-refractivity contribution >= 4 is 26.5 Å². The Hall–Kier alpha value is -1.92. The maximum absolute atomic E-state index is 12.3. The van der Waals surface area contributed by atoms with E-state index in [0.29, 0.717) is 6.54 Å². The van der Waals surface area contributed by atoms with E-state index in [2.05, 4.69) is 24.3 Å². The van der Waals surface area contributed by atoms with Crippen molar-refractivity contribution in [1.29, 1.82) is 0 Å². The number of hydrogen-bond acceptors (Lipinski definition) is 4. The first-order valence-corrected chi connectivity index (χ1v) is 9.99. The Bertz CT molecular complexity index is 813. The number of amides is 1. The Kier molecular flexibility index (Phi) is 5.96. The average molecular weight is 348 g/mol. The fourth-order valence-corrected chi connectivity index (χ4v) is 3.34. The van der Waals surface area contributed by atoms with E-state index in [9.17, 15) is 13.2 Å². The van der Waals surface area contributed by atoms with E-state index < -0.39 is 15.9 Å². The Morgan fingerprint density at radius 3 is 2.54 bits per heavy atom. The molecule has 2 aromatic rings. The number of carbonyl (C=O) groups excluding carboxylic acids is 1. The van der Waals surface area contributed by atoms with Gasteiger partial charge in [-0.15, -0.1) is 0 Å². The quantitative estimate of drug-likeness (QED) is 0.824. The number of fused-ring (bicyclic) bond motifs is 1. The van der Waals surface area contributed by atoms with Gasteiger partial charge in [0.15, 0.2) is 0 Å². The lowest BCUT2D eigenvalue weighted by atomic mass is 10.0. The molecule has 5 nitrogen and oxygen atoms in total. The normalized spacial score (nSPS) is 13.0. The van der Waals surface area contributed by atoms with Crippen LogP contribution in [0.25, 0.3) is 10.8 Å². The van der Waals surface area contributed by atoms with Crippen molar-refractivity contribution in [3.8, 4) is 0 Å². The molecule has 2 aromatic carbocycles. The summed E-state index contributed by atoms with van der Waals surface area (Å²) in [6, 6.07) is 13.5. The van der Waals surface area contributed by atoms with Crippen LogP contribution in [0.1, 0.15) is 12.0 Å². The van der Waals surface area contributed by atoms with Crippen molar-refractivity contribution in [3.05, 3.63) is 48.0 Å². The first-order chi connectivity index (χ1) is 11.3. The topological polar surface area (TPSA) is 80.5 Å². The van der Waals surface area contributed by atoms with Crippen LogP contribution in [0.4, 0.5) is 0 Å². The molecule has 0 aromatic heterocycles. The summed E-state index contributed by atoms with van der Waals surface area (Å²) >= 11 is 0. The molecular weight excluding hydrogens is 324 g/mol. The Morgan fingerprint density at radius 1 is 1.17 bits per heavy atom. The SMILES string of the molecule is CN(CCc1cccc2ccccc12)C(=O)C(N)CCS(C)(=O)=O. The van der Waals surface area contributed by atoms with E-state index in [0.717, 1.165) is 12.7 Å². The summed E-state index contributed by atoms with van der Waals surface area (Å²) in [6.07, 6.45) is 2.02. The molecule has 0 saturated carbocycles. The summed E-state index contributed by atoms with van der Waals surface area (Å²) in [5.74, 6) is -0.296. The van der Waals surface area contributed by atoms with Crippen molar-refractivity contribution < 1.29 is 13.2 Å². The summed E-state index contributed by atoms with van der Waals surface area (Å²) in [7, 11) is -1.41. The molecule has 0 fully saturated rings. The van der Waals surface area contributed by atoms with Crippen LogP contribution in [0.5, 0.6) is 0 Å². The third-order valence-corrected chi connectivity index (χ3v) is 5.07. The maximum atomic E-state index is 12.3. The van der Waals surface area contributed by atoms with Crippen molar-refractivity contribution in [2.75, 3.05) is 25.6 Å². The lowest BCUT2D eigenvalue weighted by Gasteiger charge is -2.21. The molecule has 2 N–H and O–H groups in total. The summed E-state index contributed by atoms with van der Waals surface area (Å²) in [6.45, 7) is 0.541. The molecule has 1 unspecified atom stereocenters. The second-order valence-electron chi connectivity index (χ2n) is 6.17. The smallest absolute Gasteiger partial charge is 0.239 e. The summed E-state index contributed by atoms with van der Waals surface area (Å²) in [5.41, 5.74) is 7.01. The van der Waals surface area contributed by atoms with Gasteiger partial charge in [0, 0.05) is 19.8 Å². The number of hydrogen-bond donors (Lipinski definition) is 1. The number of likely N-dealkylation sites (N-methyl/N-ethyl adjacent to an activating group) is 1. The molecule has 0 spiro atoms. The lowest BCUT2D eigenvalue weighted by Crippen LogP contribution is -2.43. The van der Waals surface area contributed by atoms with Crippen LogP contribution in [-0.2, 0) is 21.1 Å². The Labute approximate surface area is 143 Å². The Morgan fingerprint density at radius 2 is 1.83 bits per heavy atom. The predicted octanol–water partition coefficient (Wildman–Crippen LogP) is 1.60. The van der Waals surface area contributed by atoms with Crippen molar-refractivity contribution in [2.24, 2.45) is 5.73 Å². The van der Waals surface area contributed by atoms with Gasteiger partial charge in [0.05, 0.1) is 11.8 Å². The van der Waals surface area contributed by atoms with Crippen LogP contribution in [0.15, 0.2) is 42.5 Å². The number of sulfone groups is 1. The zero-order valence-electron chi connectivity index (χ0n) is 14.1. The molecule has 0 aliphatic carbocycles. The van der Waals surface area contributed by atoms with E-state index in [-0.39, 0.29) is 18.1 Å². The molecule has 1 amide bonds. The second kappa shape index (κ2) is 7.77. The van der Waals surface area contributed by atoms with Crippen molar-refractivity contribution in [2.45, 2.75) is 18.9 Å². The first kappa shape index (κ1) is 18.4. The van der Waals surface area contributed by atoms with Crippen LogP contribution < -0.4 is 5.73 Å². The van der Waals surface area contributed by atoms with Gasteiger partial charge in [0.1, 0.15) is 9.84 Å². The standard InChI is InChI=1S/C18H24N2O3S/c1-20(18(21)17(19)11-13-24(2,22)23)12-10-15-8-5-7-14-6-3-4-9-16(14)15/h3-9,17H,10-13,19H2,1-2H3. The number of carbonyl (C=O) groups is 1. The molecule has 0 aliphatic heterocycles. The summed E-state index contributed by atoms with van der Waals surface area (Å²) < 4.78 is 22.4. The minimum atomic E-state index is -3.11. The molecule has 0 saturated heterocycles. The second-order valence-corrected chi connectivity index (χ2v) is 8.43. The van der Waals surface area contributed by atoms with Gasteiger partial charge in [-0.2, -0.15) is 0 Å². The fraction of sp³-hybridized carbons (Fsp3) is 0.389. The van der Waals surface area contributed by atoms with E-state index in [1.54, 1.807) is 11.9 Å². The average Bonchev–Trinajstić information content (AvgIpc) is 2.56. The predicted molar refractivity (Wildman–Crippen MR) is 97.6 cm³/mol. The minimum absolute atomic E-state index is 0.0724. The minimum Gasteiger partial charge on any atom is -0.344 e. The third-order valence-electron chi connectivity index (χ3n) is 4.09. The molecule has 24 heavy (non-hydrogen) atoms. The molecule has 2 rings (SSSR count). The van der Waals surface area contributed by atoms with E-state index in [1.807, 2.05) is 18.2 Å². The zero-order valence-corrected chi connectivity index (χ0v) is 14.9. The number of rotatable bonds is 7. The van der Waals surface area contributed by atoms with Gasteiger partial charge in [-0.1, -0.05) is 42.5 Å². The van der Waals surface area contributed by atoms with Crippen LogP contribution >= 0.6 is 0 Å². The van der Waals surface area contributed by atoms with Gasteiger partial charge in [0.2, 0.25) is 5.91 Å². The van der Waals surface area contributed by atoms with Gasteiger partial charge in [0.25, 0.3) is 0 Å². The third kappa shape index (κ3) is 5.04.